The number of β-amino-alcohol motifs (C(OH)–C–C–N with tert-alkyl or cyclic N) is 1. The van der Waals surface area contributed by atoms with Crippen LogP contribution in [0.25, 0.3) is 11.3 Å². The van der Waals surface area contributed by atoms with Crippen LogP contribution >= 0.6 is 0 Å². The Bertz CT molecular complexity index is 1490. The third-order valence-corrected chi connectivity index (χ3v) is 12.8. The van der Waals surface area contributed by atoms with Gasteiger partial charge in [-0.15, -0.1) is 0 Å². The molecular formula is C34H47N5O4S. The lowest BCUT2D eigenvalue weighted by Gasteiger charge is -2.31. The van der Waals surface area contributed by atoms with Crippen molar-refractivity contribution in [2.24, 2.45) is 5.92 Å². The van der Waals surface area contributed by atoms with Crippen LogP contribution in [0, 0.1) is 5.92 Å². The van der Waals surface area contributed by atoms with Gasteiger partial charge in [0.2, 0.25) is 10.0 Å². The molecule has 2 N–H and O–H groups in total. The van der Waals surface area contributed by atoms with Crippen LogP contribution in [0.1, 0.15) is 87.4 Å². The van der Waals surface area contributed by atoms with Gasteiger partial charge in [-0.2, -0.15) is 0 Å². The molecule has 5 aliphatic rings. The van der Waals surface area contributed by atoms with E-state index in [9.17, 15) is 18.3 Å². The molecule has 1 aromatic carbocycles. The van der Waals surface area contributed by atoms with Gasteiger partial charge in [-0.05, 0) is 93.0 Å². The van der Waals surface area contributed by atoms with E-state index in [0.717, 1.165) is 81.7 Å². The second kappa shape index (κ2) is 12.0. The van der Waals surface area contributed by atoms with Gasteiger partial charge in [0.15, 0.2) is 0 Å². The molecule has 2 aromatic rings. The number of aromatic nitrogens is 1. The zero-order valence-electron chi connectivity index (χ0n) is 26.0. The van der Waals surface area contributed by atoms with E-state index in [-0.39, 0.29) is 29.2 Å². The molecule has 3 aliphatic heterocycles. The van der Waals surface area contributed by atoms with E-state index in [1.54, 1.807) is 11.2 Å². The predicted molar refractivity (Wildman–Crippen MR) is 172 cm³/mol. The molecule has 2 saturated heterocycles. The molecule has 238 valence electrons. The van der Waals surface area contributed by atoms with Crippen LogP contribution in [0.5, 0.6) is 0 Å². The molecule has 0 unspecified atom stereocenters. The summed E-state index contributed by atoms with van der Waals surface area (Å²) in [6.45, 7) is 6.49. The SMILES string of the molecule is CCS(=O)(=O)N1CCC(CNC(=O)N2CC3(CCCC3)c3nc(-c4cc(CN5CC[C@H](O)C5)ccc4C4CC4)ccc32)CC1. The number of nitrogens with zero attached hydrogens (tertiary/aromatic N) is 4. The Morgan fingerprint density at radius 2 is 1.82 bits per heavy atom. The number of nitrogens with one attached hydrogen (secondary N) is 1. The Morgan fingerprint density at radius 1 is 1.05 bits per heavy atom. The van der Waals surface area contributed by atoms with Crippen molar-refractivity contribution in [3.05, 3.63) is 47.2 Å². The number of carbonyl (C=O) groups excluding carboxylic acids is 1. The van der Waals surface area contributed by atoms with E-state index in [1.165, 1.54) is 29.5 Å². The number of piperidine rings is 1. The van der Waals surface area contributed by atoms with Crippen LogP contribution in [0.4, 0.5) is 10.5 Å². The third kappa shape index (κ3) is 5.90. The van der Waals surface area contributed by atoms with Crippen molar-refractivity contribution in [3.8, 4) is 11.3 Å². The summed E-state index contributed by atoms with van der Waals surface area (Å²) in [6.07, 6.45) is 9.02. The maximum Gasteiger partial charge on any atom is 0.321 e. The lowest BCUT2D eigenvalue weighted by Crippen LogP contribution is -2.46. The molecule has 1 atom stereocenters. The lowest BCUT2D eigenvalue weighted by molar-refractivity contribution is 0.175. The van der Waals surface area contributed by atoms with Gasteiger partial charge in [0.05, 0.1) is 28.9 Å². The number of hydrogen-bond donors (Lipinski definition) is 2. The van der Waals surface area contributed by atoms with Gasteiger partial charge < -0.3 is 10.4 Å². The Labute approximate surface area is 262 Å². The summed E-state index contributed by atoms with van der Waals surface area (Å²) in [7, 11) is -3.15. The fourth-order valence-electron chi connectivity index (χ4n) is 8.09. The van der Waals surface area contributed by atoms with Crippen molar-refractivity contribution < 1.29 is 18.3 Å². The van der Waals surface area contributed by atoms with Crippen LogP contribution in [0.2, 0.25) is 0 Å². The summed E-state index contributed by atoms with van der Waals surface area (Å²) in [6, 6.07) is 11.1. The number of rotatable bonds is 8. The molecular weight excluding hydrogens is 574 g/mol. The minimum absolute atomic E-state index is 0.0679. The number of aliphatic hydroxyl groups is 1. The standard InChI is InChI=1S/C34H47N5O4S/c1-2-44(42,43)38-17-11-24(12-18-38)20-35-33(41)39-23-34(14-3-4-15-34)32-31(39)10-9-30(36-32)29-19-25(5-8-28(29)26-6-7-26)21-37-16-13-27(40)22-37/h5,8-10,19,24,26-27,40H,2-4,6-7,11-18,20-23H2,1H3,(H,35,41)/t27-/m0/s1. The first-order valence-electron chi connectivity index (χ1n) is 16.8. The van der Waals surface area contributed by atoms with Crippen molar-refractivity contribution in [1.82, 2.24) is 19.5 Å². The molecule has 9 nitrogen and oxygen atoms in total. The molecule has 7 rings (SSSR count). The number of carbonyl (C=O) groups is 1. The summed E-state index contributed by atoms with van der Waals surface area (Å²) in [5.74, 6) is 1.01. The van der Waals surface area contributed by atoms with E-state index in [0.29, 0.717) is 32.1 Å². The van der Waals surface area contributed by atoms with Crippen molar-refractivity contribution in [3.63, 3.8) is 0 Å². The first-order chi connectivity index (χ1) is 21.2. The molecule has 4 heterocycles. The van der Waals surface area contributed by atoms with Crippen molar-refractivity contribution in [2.45, 2.75) is 88.7 Å². The highest BCUT2D eigenvalue weighted by atomic mass is 32.2. The van der Waals surface area contributed by atoms with Gasteiger partial charge in [-0.25, -0.2) is 22.5 Å². The van der Waals surface area contributed by atoms with Gasteiger partial charge in [-0.1, -0.05) is 25.0 Å². The van der Waals surface area contributed by atoms with Crippen molar-refractivity contribution in [1.29, 1.82) is 0 Å². The molecule has 1 spiro atoms. The number of sulfonamides is 1. The fraction of sp³-hybridized carbons (Fsp3) is 0.647. The normalized spacial score (nSPS) is 24.3. The maximum atomic E-state index is 13.7. The summed E-state index contributed by atoms with van der Waals surface area (Å²) >= 11 is 0. The monoisotopic (exact) mass is 621 g/mol. The third-order valence-electron chi connectivity index (χ3n) is 10.9. The summed E-state index contributed by atoms with van der Waals surface area (Å²) < 4.78 is 26.1. The number of likely N-dealkylation sites (tertiary alicyclic amines) is 1. The average molecular weight is 622 g/mol. The van der Waals surface area contributed by atoms with Crippen LogP contribution < -0.4 is 10.2 Å². The van der Waals surface area contributed by atoms with E-state index < -0.39 is 10.0 Å². The number of anilines is 1. The minimum Gasteiger partial charge on any atom is -0.392 e. The first-order valence-corrected chi connectivity index (χ1v) is 18.4. The second-order valence-electron chi connectivity index (χ2n) is 13.9. The quantitative estimate of drug-likeness (QED) is 0.447. The van der Waals surface area contributed by atoms with Crippen LogP contribution in [-0.4, -0.2) is 84.9 Å². The molecule has 1 aromatic heterocycles. The van der Waals surface area contributed by atoms with E-state index in [1.807, 2.05) is 4.90 Å². The van der Waals surface area contributed by atoms with Crippen LogP contribution in [0.3, 0.4) is 0 Å². The van der Waals surface area contributed by atoms with Gasteiger partial charge in [0.25, 0.3) is 0 Å². The number of amides is 2. The van der Waals surface area contributed by atoms with Crippen molar-refractivity contribution in [2.75, 3.05) is 49.9 Å². The smallest absolute Gasteiger partial charge is 0.321 e. The topological polar surface area (TPSA) is 106 Å². The average Bonchev–Trinajstić information content (AvgIpc) is 3.49. The Balaban J connectivity index is 1.10. The molecule has 10 heteroatoms. The number of benzene rings is 1. The minimum atomic E-state index is -3.15. The fourth-order valence-corrected chi connectivity index (χ4v) is 9.22. The predicted octanol–water partition coefficient (Wildman–Crippen LogP) is 4.60. The van der Waals surface area contributed by atoms with Gasteiger partial charge >= 0.3 is 6.03 Å². The van der Waals surface area contributed by atoms with Gasteiger partial charge in [0.1, 0.15) is 0 Å². The second-order valence-corrected chi connectivity index (χ2v) is 16.2. The maximum absolute atomic E-state index is 13.7. The number of urea groups is 1. The Kier molecular flexibility index (Phi) is 8.22. The number of fused-ring (bicyclic) bond motifs is 2. The Morgan fingerprint density at radius 3 is 2.50 bits per heavy atom. The number of hydrogen-bond acceptors (Lipinski definition) is 6. The molecule has 0 radical (unpaired) electrons. The molecule has 2 aliphatic carbocycles. The lowest BCUT2D eigenvalue weighted by atomic mass is 9.84. The van der Waals surface area contributed by atoms with Crippen molar-refractivity contribution >= 4 is 21.7 Å². The molecule has 2 amide bonds. The number of pyridine rings is 1. The molecule has 0 bridgehead atoms. The zero-order valence-corrected chi connectivity index (χ0v) is 26.8. The van der Waals surface area contributed by atoms with Crippen LogP contribution in [0.15, 0.2) is 30.3 Å². The highest BCUT2D eigenvalue weighted by Crippen LogP contribution is 2.51. The van der Waals surface area contributed by atoms with Gasteiger partial charge in [0, 0.05) is 56.8 Å². The highest BCUT2D eigenvalue weighted by Gasteiger charge is 2.48. The molecule has 44 heavy (non-hydrogen) atoms. The summed E-state index contributed by atoms with van der Waals surface area (Å²) in [4.78, 5) is 23.3. The molecule has 4 fully saturated rings. The highest BCUT2D eigenvalue weighted by molar-refractivity contribution is 7.89. The van der Waals surface area contributed by atoms with E-state index in [4.69, 9.17) is 4.98 Å². The number of aliphatic hydroxyl groups excluding tert-OH is 1. The largest absolute Gasteiger partial charge is 0.392 e. The van der Waals surface area contributed by atoms with E-state index >= 15 is 0 Å². The van der Waals surface area contributed by atoms with Crippen LogP contribution in [-0.2, 0) is 22.0 Å². The first kappa shape index (κ1) is 30.1. The zero-order chi connectivity index (χ0) is 30.5. The molecule has 2 saturated carbocycles. The summed E-state index contributed by atoms with van der Waals surface area (Å²) in [5.41, 5.74) is 6.80. The summed E-state index contributed by atoms with van der Waals surface area (Å²) in [5, 5.41) is 13.2. The van der Waals surface area contributed by atoms with E-state index in [2.05, 4.69) is 40.5 Å². The van der Waals surface area contributed by atoms with Gasteiger partial charge in [-0.3, -0.25) is 9.80 Å². The Hall–Kier alpha value is -2.53.